The third-order valence-corrected chi connectivity index (χ3v) is 5.71. The lowest BCUT2D eigenvalue weighted by atomic mass is 9.80. The normalized spacial score (nSPS) is 15.7. The maximum absolute atomic E-state index is 3.53. The summed E-state index contributed by atoms with van der Waals surface area (Å²) in [6, 6.07) is 13.4. The van der Waals surface area contributed by atoms with Gasteiger partial charge < -0.3 is 17.0 Å². The van der Waals surface area contributed by atoms with Crippen molar-refractivity contribution in [3.05, 3.63) is 42.0 Å². The lowest BCUT2D eigenvalue weighted by Crippen LogP contribution is -3.00. The van der Waals surface area contributed by atoms with E-state index in [2.05, 4.69) is 77.7 Å². The molecule has 0 saturated carbocycles. The number of unbranched alkanes of at least 4 members (excludes halogenated alkanes) is 2. The van der Waals surface area contributed by atoms with E-state index in [1.165, 1.54) is 47.0 Å². The Hall–Kier alpha value is -0.670. The van der Waals surface area contributed by atoms with Crippen molar-refractivity contribution in [2.24, 2.45) is 0 Å². The molecule has 0 atom stereocenters. The minimum Gasteiger partial charge on any atom is -1.00 e. The third-order valence-electron chi connectivity index (χ3n) is 5.15. The van der Waals surface area contributed by atoms with Crippen molar-refractivity contribution >= 4 is 38.1 Å². The molecule has 124 valence electrons. The smallest absolute Gasteiger partial charge is 0.210 e. The van der Waals surface area contributed by atoms with Gasteiger partial charge in [0.15, 0.2) is 5.71 Å². The largest absolute Gasteiger partial charge is 1.00 e. The Morgan fingerprint density at radius 1 is 1.00 bits per heavy atom. The molecule has 0 unspecified atom stereocenters. The molecule has 0 amide bonds. The maximum atomic E-state index is 3.53. The van der Waals surface area contributed by atoms with E-state index < -0.39 is 0 Å². The molecule has 3 heteroatoms. The number of hydrogen-bond acceptors (Lipinski definition) is 0. The van der Waals surface area contributed by atoms with Crippen LogP contribution in [0.4, 0.5) is 5.69 Å². The molecule has 0 bridgehead atoms. The van der Waals surface area contributed by atoms with Crippen molar-refractivity contribution in [1.29, 1.82) is 0 Å². The highest BCUT2D eigenvalue weighted by Gasteiger charge is 2.43. The number of benzene rings is 2. The first-order valence-corrected chi connectivity index (χ1v) is 9.39. The van der Waals surface area contributed by atoms with Gasteiger partial charge >= 0.3 is 0 Å². The van der Waals surface area contributed by atoms with Crippen LogP contribution in [0.1, 0.15) is 45.6 Å². The van der Waals surface area contributed by atoms with E-state index in [0.717, 1.165) is 11.9 Å². The Balaban J connectivity index is 0.00000192. The number of fused-ring (bicyclic) bond motifs is 3. The fourth-order valence-corrected chi connectivity index (χ4v) is 4.07. The van der Waals surface area contributed by atoms with Gasteiger partial charge in [-0.1, -0.05) is 40.2 Å². The molecule has 3 rings (SSSR count). The van der Waals surface area contributed by atoms with Gasteiger partial charge in [-0.15, -0.1) is 0 Å². The van der Waals surface area contributed by atoms with Crippen molar-refractivity contribution < 1.29 is 21.6 Å². The zero-order valence-electron chi connectivity index (χ0n) is 14.2. The molecule has 2 aromatic rings. The third kappa shape index (κ3) is 3.28. The Morgan fingerprint density at radius 2 is 1.74 bits per heavy atom. The Kier molecular flexibility index (Phi) is 6.07. The van der Waals surface area contributed by atoms with Gasteiger partial charge in [-0.05, 0) is 43.5 Å². The molecule has 1 heterocycles. The van der Waals surface area contributed by atoms with E-state index in [0.29, 0.717) is 0 Å². The number of nitrogens with zero attached hydrogens (tertiary/aromatic N) is 1. The highest BCUT2D eigenvalue weighted by atomic mass is 79.9. The van der Waals surface area contributed by atoms with Crippen molar-refractivity contribution in [3.8, 4) is 0 Å². The quantitative estimate of drug-likeness (QED) is 0.383. The van der Waals surface area contributed by atoms with Crippen LogP contribution in [0.2, 0.25) is 0 Å². The molecule has 1 aliphatic rings. The summed E-state index contributed by atoms with van der Waals surface area (Å²) < 4.78 is 2.55. The van der Waals surface area contributed by atoms with Gasteiger partial charge in [0, 0.05) is 30.3 Å². The van der Waals surface area contributed by atoms with Gasteiger partial charge in [-0.2, -0.15) is 4.58 Å². The molecule has 0 fully saturated rings. The summed E-state index contributed by atoms with van der Waals surface area (Å²) >= 11 is 3.53. The minimum atomic E-state index is 0. The monoisotopic (exact) mass is 437 g/mol. The highest BCUT2D eigenvalue weighted by molar-refractivity contribution is 9.09. The topological polar surface area (TPSA) is 3.01 Å². The second-order valence-electron chi connectivity index (χ2n) is 6.79. The van der Waals surface area contributed by atoms with Crippen LogP contribution in [0.3, 0.4) is 0 Å². The Morgan fingerprint density at radius 3 is 2.48 bits per heavy atom. The summed E-state index contributed by atoms with van der Waals surface area (Å²) in [6.45, 7) is 8.17. The van der Waals surface area contributed by atoms with E-state index in [1.54, 1.807) is 0 Å². The summed E-state index contributed by atoms with van der Waals surface area (Å²) in [6.07, 6.45) is 3.81. The molecule has 0 aromatic heterocycles. The van der Waals surface area contributed by atoms with Crippen molar-refractivity contribution in [1.82, 2.24) is 0 Å². The molecule has 2 aromatic carbocycles. The summed E-state index contributed by atoms with van der Waals surface area (Å²) in [5.41, 5.74) is 4.52. The van der Waals surface area contributed by atoms with Gasteiger partial charge in [0.25, 0.3) is 0 Å². The van der Waals surface area contributed by atoms with Gasteiger partial charge in [0.1, 0.15) is 6.54 Å². The number of hydrogen-bond donors (Lipinski definition) is 0. The molecular formula is C20H25Br2N. The lowest BCUT2D eigenvalue weighted by molar-refractivity contribution is -0.439. The predicted molar refractivity (Wildman–Crippen MR) is 100 cm³/mol. The zero-order chi connectivity index (χ0) is 15.7. The van der Waals surface area contributed by atoms with E-state index >= 15 is 0 Å². The first kappa shape index (κ1) is 18.7. The molecule has 0 saturated heterocycles. The summed E-state index contributed by atoms with van der Waals surface area (Å²) in [4.78, 5) is 0. The average molecular weight is 439 g/mol. The fourth-order valence-electron chi connectivity index (χ4n) is 3.67. The van der Waals surface area contributed by atoms with Crippen molar-refractivity contribution in [2.45, 2.75) is 45.4 Å². The van der Waals surface area contributed by atoms with Gasteiger partial charge in [-0.3, -0.25) is 0 Å². The van der Waals surface area contributed by atoms with Gasteiger partial charge in [0.05, 0.1) is 5.41 Å². The zero-order valence-corrected chi connectivity index (χ0v) is 17.4. The van der Waals surface area contributed by atoms with Crippen LogP contribution in [-0.2, 0) is 5.41 Å². The first-order valence-electron chi connectivity index (χ1n) is 8.27. The second kappa shape index (κ2) is 7.48. The number of halogens is 2. The standard InChI is InChI=1S/C20H25BrN.BrH/c1-15-20(2,3)19-17-10-6-5-9-16(17)11-12-18(19)22(15)14-8-4-7-13-21;/h5-6,9-12H,4,7-8,13-14H2,1-3H3;1H/q+1;/p-1. The van der Waals surface area contributed by atoms with Crippen LogP contribution in [-0.4, -0.2) is 22.2 Å². The predicted octanol–water partition coefficient (Wildman–Crippen LogP) is 2.81. The Bertz CT molecular complexity index is 731. The van der Waals surface area contributed by atoms with Crippen molar-refractivity contribution in [3.63, 3.8) is 0 Å². The van der Waals surface area contributed by atoms with Crippen LogP contribution < -0.4 is 17.0 Å². The second-order valence-corrected chi connectivity index (χ2v) is 7.59. The summed E-state index contributed by atoms with van der Waals surface area (Å²) in [5, 5.41) is 3.87. The average Bonchev–Trinajstić information content (AvgIpc) is 2.72. The molecule has 0 aliphatic carbocycles. The van der Waals surface area contributed by atoms with Crippen LogP contribution >= 0.6 is 15.9 Å². The highest BCUT2D eigenvalue weighted by Crippen LogP contribution is 2.43. The fraction of sp³-hybridized carbons (Fsp3) is 0.450. The molecule has 0 radical (unpaired) electrons. The van der Waals surface area contributed by atoms with Crippen LogP contribution in [0.5, 0.6) is 0 Å². The van der Waals surface area contributed by atoms with E-state index in [1.807, 2.05) is 0 Å². The van der Waals surface area contributed by atoms with Crippen LogP contribution in [0, 0.1) is 0 Å². The molecule has 23 heavy (non-hydrogen) atoms. The van der Waals surface area contributed by atoms with Crippen molar-refractivity contribution in [2.75, 3.05) is 11.9 Å². The SMILES string of the molecule is CC1=[N+](CCCCCBr)c2ccc3ccccc3c2C1(C)C.[Br-]. The molecule has 0 N–H and O–H groups in total. The van der Waals surface area contributed by atoms with E-state index in [4.69, 9.17) is 0 Å². The molecule has 0 spiro atoms. The van der Waals surface area contributed by atoms with E-state index in [9.17, 15) is 0 Å². The maximum Gasteiger partial charge on any atom is 0.210 e. The lowest BCUT2D eigenvalue weighted by Gasteiger charge is -2.17. The number of alkyl halides is 1. The molecule has 1 aliphatic heterocycles. The first-order chi connectivity index (χ1) is 10.6. The number of rotatable bonds is 5. The van der Waals surface area contributed by atoms with Crippen LogP contribution in [0.25, 0.3) is 10.8 Å². The molecule has 1 nitrogen and oxygen atoms in total. The Labute approximate surface area is 158 Å². The van der Waals surface area contributed by atoms with Gasteiger partial charge in [-0.25, -0.2) is 0 Å². The summed E-state index contributed by atoms with van der Waals surface area (Å²) in [7, 11) is 0. The van der Waals surface area contributed by atoms with Gasteiger partial charge in [0.2, 0.25) is 5.69 Å². The van der Waals surface area contributed by atoms with E-state index in [-0.39, 0.29) is 22.4 Å². The summed E-state index contributed by atoms with van der Waals surface area (Å²) in [5.74, 6) is 0. The van der Waals surface area contributed by atoms with Crippen LogP contribution in [0.15, 0.2) is 36.4 Å². The minimum absolute atomic E-state index is 0. The molecular weight excluding hydrogens is 414 g/mol.